The molecule has 35 heavy (non-hydrogen) atoms. The van der Waals surface area contributed by atoms with Crippen LogP contribution in [0.3, 0.4) is 0 Å². The van der Waals surface area contributed by atoms with E-state index < -0.39 is 24.1 Å². The van der Waals surface area contributed by atoms with Crippen molar-refractivity contribution in [2.75, 3.05) is 6.54 Å². The van der Waals surface area contributed by atoms with Crippen LogP contribution in [-0.2, 0) is 20.9 Å². The number of piperidine rings is 1. The third-order valence-corrected chi connectivity index (χ3v) is 5.94. The Bertz CT molecular complexity index is 1170. The Kier molecular flexibility index (Phi) is 6.56. The van der Waals surface area contributed by atoms with Crippen molar-refractivity contribution in [1.82, 2.24) is 30.5 Å². The summed E-state index contributed by atoms with van der Waals surface area (Å²) in [6, 6.07) is 5.17. The van der Waals surface area contributed by atoms with Gasteiger partial charge in [-0.3, -0.25) is 19.7 Å². The van der Waals surface area contributed by atoms with Gasteiger partial charge in [-0.2, -0.15) is 13.2 Å². The van der Waals surface area contributed by atoms with Crippen molar-refractivity contribution >= 4 is 23.7 Å². The van der Waals surface area contributed by atoms with Gasteiger partial charge in [0.25, 0.3) is 5.91 Å². The number of nitrogens with zero attached hydrogens (tertiary/aromatic N) is 4. The molecule has 1 aromatic carbocycles. The lowest BCUT2D eigenvalue weighted by Crippen LogP contribution is -2.52. The molecule has 2 atom stereocenters. The summed E-state index contributed by atoms with van der Waals surface area (Å²) >= 11 is 0. The number of fused-ring (bicyclic) bond motifs is 1. The molecule has 2 saturated heterocycles. The smallest absolute Gasteiger partial charge is 0.475 e. The lowest BCUT2D eigenvalue weighted by molar-refractivity contribution is -0.192. The number of hydrogen-bond donors (Lipinski definition) is 3. The summed E-state index contributed by atoms with van der Waals surface area (Å²) in [6.07, 6.45) is -0.372. The van der Waals surface area contributed by atoms with Gasteiger partial charge in [0.15, 0.2) is 0 Å². The van der Waals surface area contributed by atoms with E-state index in [-0.39, 0.29) is 24.3 Å². The number of aromatic nitrogens is 3. The van der Waals surface area contributed by atoms with Gasteiger partial charge >= 0.3 is 12.1 Å². The molecule has 5 rings (SSSR count). The summed E-state index contributed by atoms with van der Waals surface area (Å²) in [5.74, 6) is -3.62. The second kappa shape index (κ2) is 9.44. The number of carboxylic acids is 1. The summed E-state index contributed by atoms with van der Waals surface area (Å²) in [4.78, 5) is 46.7. The molecule has 0 spiro atoms. The number of hydrogen-bond acceptors (Lipinski definition) is 7. The standard InChI is InChI=1S/C19H20N6O3.C2HF3O2/c26-17-6-5-16(18(27)21-17)24-9-11-8-12(3-4-13(11)19(24)28)25-10-15(22-23-25)14-2-1-7-20-14;3-2(4,5)1(6)7/h3-4,8,10,14,16,20H,1-2,5-7,9H2,(H,21,26,27);(H,6,7). The van der Waals surface area contributed by atoms with Crippen LogP contribution >= 0.6 is 0 Å². The number of benzene rings is 1. The SMILES string of the molecule is O=C(O)C(F)(F)F.O=C1CCC(N2Cc3cc(-n4cc(C5CCCN5)nn4)ccc3C2=O)C(=O)N1. The second-order valence-corrected chi connectivity index (χ2v) is 8.28. The maximum atomic E-state index is 12.8. The first-order valence-corrected chi connectivity index (χ1v) is 10.8. The van der Waals surface area contributed by atoms with E-state index in [4.69, 9.17) is 9.90 Å². The van der Waals surface area contributed by atoms with Crippen LogP contribution in [0.25, 0.3) is 5.69 Å². The molecule has 2 fully saturated rings. The van der Waals surface area contributed by atoms with E-state index in [1.807, 2.05) is 18.3 Å². The maximum absolute atomic E-state index is 12.8. The number of carboxylic acid groups (broad SMARTS) is 1. The predicted octanol–water partition coefficient (Wildman–Crippen LogP) is 1.09. The van der Waals surface area contributed by atoms with Crippen molar-refractivity contribution < 1.29 is 37.5 Å². The Labute approximate surface area is 196 Å². The van der Waals surface area contributed by atoms with E-state index in [9.17, 15) is 27.6 Å². The van der Waals surface area contributed by atoms with Crippen LogP contribution < -0.4 is 10.6 Å². The van der Waals surface area contributed by atoms with Crippen molar-refractivity contribution in [3.63, 3.8) is 0 Å². The number of rotatable bonds is 3. The van der Waals surface area contributed by atoms with Gasteiger partial charge in [-0.15, -0.1) is 5.10 Å². The summed E-state index contributed by atoms with van der Waals surface area (Å²) in [7, 11) is 0. The van der Waals surface area contributed by atoms with Crippen molar-refractivity contribution in [3.05, 3.63) is 41.2 Å². The lowest BCUT2D eigenvalue weighted by atomic mass is 10.0. The minimum atomic E-state index is -5.08. The van der Waals surface area contributed by atoms with Gasteiger partial charge in [-0.1, -0.05) is 5.21 Å². The fraction of sp³-hybridized carbons (Fsp3) is 0.429. The van der Waals surface area contributed by atoms with Gasteiger partial charge in [0, 0.05) is 18.5 Å². The lowest BCUT2D eigenvalue weighted by Gasteiger charge is -2.29. The van der Waals surface area contributed by atoms with Gasteiger partial charge < -0.3 is 15.3 Å². The molecule has 3 amide bonds. The van der Waals surface area contributed by atoms with Crippen molar-refractivity contribution in [3.8, 4) is 5.69 Å². The summed E-state index contributed by atoms with van der Waals surface area (Å²) in [5, 5.41) is 21.4. The average molecular weight is 494 g/mol. The van der Waals surface area contributed by atoms with Crippen molar-refractivity contribution in [2.45, 2.75) is 50.5 Å². The summed E-state index contributed by atoms with van der Waals surface area (Å²) < 4.78 is 33.5. The molecule has 3 aliphatic heterocycles. The molecule has 2 aromatic rings. The van der Waals surface area contributed by atoms with Crippen molar-refractivity contribution in [1.29, 1.82) is 0 Å². The monoisotopic (exact) mass is 494 g/mol. The first-order chi connectivity index (χ1) is 16.5. The highest BCUT2D eigenvalue weighted by Gasteiger charge is 2.39. The first kappa shape index (κ1) is 24.3. The molecule has 0 bridgehead atoms. The van der Waals surface area contributed by atoms with Gasteiger partial charge in [0.1, 0.15) is 11.7 Å². The number of alkyl halides is 3. The molecule has 186 valence electrons. The van der Waals surface area contributed by atoms with Gasteiger partial charge in [0.05, 0.1) is 17.9 Å². The summed E-state index contributed by atoms with van der Waals surface area (Å²) in [5.41, 5.74) is 3.18. The fourth-order valence-electron chi connectivity index (χ4n) is 4.20. The zero-order chi connectivity index (χ0) is 25.3. The molecule has 2 unspecified atom stereocenters. The Morgan fingerprint density at radius 1 is 1.17 bits per heavy atom. The van der Waals surface area contributed by atoms with E-state index >= 15 is 0 Å². The first-order valence-electron chi connectivity index (χ1n) is 10.8. The van der Waals surface area contributed by atoms with E-state index in [0.717, 1.165) is 36.3 Å². The number of nitrogens with one attached hydrogen (secondary N) is 2. The molecule has 3 aliphatic rings. The molecule has 0 aliphatic carbocycles. The normalized spacial score (nSPS) is 21.9. The minimum Gasteiger partial charge on any atom is -0.475 e. The number of carbonyl (C=O) groups is 4. The van der Waals surface area contributed by atoms with Crippen LogP contribution in [0, 0.1) is 0 Å². The average Bonchev–Trinajstić information content (AvgIpc) is 3.54. The highest BCUT2D eigenvalue weighted by atomic mass is 19.4. The zero-order valence-electron chi connectivity index (χ0n) is 18.2. The molecule has 3 N–H and O–H groups in total. The fourth-order valence-corrected chi connectivity index (χ4v) is 4.20. The summed E-state index contributed by atoms with van der Waals surface area (Å²) in [6.45, 7) is 1.34. The number of carbonyl (C=O) groups excluding carboxylic acids is 3. The van der Waals surface area contributed by atoms with E-state index in [0.29, 0.717) is 18.5 Å². The van der Waals surface area contributed by atoms with Crippen molar-refractivity contribution in [2.24, 2.45) is 0 Å². The van der Waals surface area contributed by atoms with Crippen LogP contribution in [0.1, 0.15) is 53.3 Å². The Morgan fingerprint density at radius 2 is 1.91 bits per heavy atom. The molecular weight excluding hydrogens is 473 g/mol. The molecular formula is C21H21F3N6O5. The zero-order valence-corrected chi connectivity index (χ0v) is 18.2. The number of aliphatic carboxylic acids is 1. The van der Waals surface area contributed by atoms with Crippen LogP contribution in [0.4, 0.5) is 13.2 Å². The molecule has 14 heteroatoms. The quantitative estimate of drug-likeness (QED) is 0.538. The highest BCUT2D eigenvalue weighted by Crippen LogP contribution is 2.29. The molecule has 0 saturated carbocycles. The van der Waals surface area contributed by atoms with E-state index in [2.05, 4.69) is 20.9 Å². The molecule has 4 heterocycles. The van der Waals surface area contributed by atoms with Crippen LogP contribution in [0.5, 0.6) is 0 Å². The highest BCUT2D eigenvalue weighted by molar-refractivity contribution is 6.05. The van der Waals surface area contributed by atoms with Gasteiger partial charge in [-0.25, -0.2) is 9.48 Å². The minimum absolute atomic E-state index is 0.175. The van der Waals surface area contributed by atoms with Crippen LogP contribution in [0.15, 0.2) is 24.4 Å². The number of halogens is 3. The largest absolute Gasteiger partial charge is 0.490 e. The molecule has 1 aromatic heterocycles. The van der Waals surface area contributed by atoms with E-state index in [1.165, 1.54) is 0 Å². The van der Waals surface area contributed by atoms with Gasteiger partial charge in [-0.05, 0) is 49.6 Å². The number of imide groups is 1. The topological polar surface area (TPSA) is 147 Å². The third-order valence-electron chi connectivity index (χ3n) is 5.94. The Hall–Kier alpha value is -3.81. The molecule has 11 nitrogen and oxygen atoms in total. The van der Waals surface area contributed by atoms with Gasteiger partial charge in [0.2, 0.25) is 11.8 Å². The van der Waals surface area contributed by atoms with Crippen LogP contribution in [-0.4, -0.2) is 67.5 Å². The Morgan fingerprint density at radius 3 is 2.54 bits per heavy atom. The predicted molar refractivity (Wildman–Crippen MR) is 111 cm³/mol. The number of amides is 3. The van der Waals surface area contributed by atoms with Crippen LogP contribution in [0.2, 0.25) is 0 Å². The second-order valence-electron chi connectivity index (χ2n) is 8.28. The Balaban J connectivity index is 0.000000364. The molecule has 0 radical (unpaired) electrons. The maximum Gasteiger partial charge on any atom is 0.490 e. The third kappa shape index (κ3) is 5.16. The van der Waals surface area contributed by atoms with E-state index in [1.54, 1.807) is 15.6 Å².